The van der Waals surface area contributed by atoms with E-state index in [1.165, 1.54) is 5.57 Å². The molecule has 1 heterocycles. The number of aliphatic hydroxyl groups excluding tert-OH is 2. The van der Waals surface area contributed by atoms with E-state index in [9.17, 15) is 19.5 Å². The van der Waals surface area contributed by atoms with Crippen molar-refractivity contribution < 1.29 is 34.1 Å². The standard InChI is InChI=1S/C28H43NO7/c1-17-13-19-6-5-18(2)22(8-7-21-15-20(31)16-25(33)35-21)26(19)23(14-17)36-27(34)28(3,4)10-9-24(32)29-11-12-30/h5-6,13,17-18,20-23,26,30-31H,7-12,14-16H2,1-4H3,(H,29,32)/t17-,18-,20+,21+,22-,23-,26-/m0/s1. The Morgan fingerprint density at radius 1 is 1.22 bits per heavy atom. The number of rotatable bonds is 10. The van der Waals surface area contributed by atoms with Gasteiger partial charge >= 0.3 is 11.9 Å². The molecule has 8 nitrogen and oxygen atoms in total. The molecule has 0 aromatic heterocycles. The number of allylic oxidation sites excluding steroid dienone is 3. The second-order valence-corrected chi connectivity index (χ2v) is 11.5. The zero-order chi connectivity index (χ0) is 26.5. The van der Waals surface area contributed by atoms with Crippen LogP contribution in [0.3, 0.4) is 0 Å². The van der Waals surface area contributed by atoms with Gasteiger partial charge in [0.15, 0.2) is 0 Å². The maximum Gasteiger partial charge on any atom is 0.311 e. The van der Waals surface area contributed by atoms with Gasteiger partial charge in [-0.15, -0.1) is 0 Å². The minimum Gasteiger partial charge on any atom is -0.462 e. The Hall–Kier alpha value is -2.19. The minimum absolute atomic E-state index is 0.0537. The number of carbonyl (C=O) groups excluding carboxylic acids is 3. The lowest BCUT2D eigenvalue weighted by atomic mass is 9.65. The molecular weight excluding hydrogens is 462 g/mol. The number of ether oxygens (including phenoxy) is 2. The van der Waals surface area contributed by atoms with Crippen LogP contribution < -0.4 is 5.32 Å². The number of amides is 1. The van der Waals surface area contributed by atoms with Gasteiger partial charge in [-0.2, -0.15) is 0 Å². The third-order valence-corrected chi connectivity index (χ3v) is 7.87. The molecule has 0 radical (unpaired) electrons. The molecule has 3 aliphatic rings. The van der Waals surface area contributed by atoms with Crippen molar-refractivity contribution in [3.05, 3.63) is 23.8 Å². The van der Waals surface area contributed by atoms with Gasteiger partial charge in [-0.05, 0) is 62.9 Å². The molecule has 0 aromatic rings. The lowest BCUT2D eigenvalue weighted by molar-refractivity contribution is -0.166. The average Bonchev–Trinajstić information content (AvgIpc) is 2.80. The van der Waals surface area contributed by atoms with Crippen molar-refractivity contribution in [3.8, 4) is 0 Å². The van der Waals surface area contributed by atoms with Gasteiger partial charge in [-0.3, -0.25) is 14.4 Å². The summed E-state index contributed by atoms with van der Waals surface area (Å²) < 4.78 is 11.7. The predicted octanol–water partition coefficient (Wildman–Crippen LogP) is 3.06. The molecular formula is C28H43NO7. The number of carbonyl (C=O) groups is 3. The predicted molar refractivity (Wildman–Crippen MR) is 134 cm³/mol. The van der Waals surface area contributed by atoms with Crippen LogP contribution in [0.1, 0.15) is 72.6 Å². The quantitative estimate of drug-likeness (QED) is 0.390. The molecule has 3 rings (SSSR count). The van der Waals surface area contributed by atoms with Crippen LogP contribution in [-0.2, 0) is 23.9 Å². The van der Waals surface area contributed by atoms with E-state index < -0.39 is 11.5 Å². The van der Waals surface area contributed by atoms with Gasteiger partial charge in [0.25, 0.3) is 0 Å². The van der Waals surface area contributed by atoms with Gasteiger partial charge in [0.05, 0.1) is 24.5 Å². The highest BCUT2D eigenvalue weighted by atomic mass is 16.6. The Bertz CT molecular complexity index is 864. The fourth-order valence-corrected chi connectivity index (χ4v) is 5.75. The maximum atomic E-state index is 13.3. The van der Waals surface area contributed by atoms with Gasteiger partial charge in [-0.25, -0.2) is 0 Å². The van der Waals surface area contributed by atoms with Crippen molar-refractivity contribution >= 4 is 17.8 Å². The molecule has 0 bridgehead atoms. The third kappa shape index (κ3) is 7.42. The number of nitrogens with one attached hydrogen (secondary N) is 1. The van der Waals surface area contributed by atoms with E-state index in [4.69, 9.17) is 14.6 Å². The summed E-state index contributed by atoms with van der Waals surface area (Å²) in [4.78, 5) is 37.0. The smallest absolute Gasteiger partial charge is 0.311 e. The van der Waals surface area contributed by atoms with Crippen molar-refractivity contribution in [2.45, 2.75) is 91.0 Å². The van der Waals surface area contributed by atoms with Crippen LogP contribution in [0.4, 0.5) is 0 Å². The summed E-state index contributed by atoms with van der Waals surface area (Å²) >= 11 is 0. The molecule has 8 heteroatoms. The summed E-state index contributed by atoms with van der Waals surface area (Å²) in [6.07, 6.45) is 8.70. The molecule has 7 atom stereocenters. The molecule has 0 spiro atoms. The number of cyclic esters (lactones) is 1. The van der Waals surface area contributed by atoms with Crippen molar-refractivity contribution in [2.24, 2.45) is 29.1 Å². The first-order valence-corrected chi connectivity index (χ1v) is 13.4. The van der Waals surface area contributed by atoms with E-state index in [1.807, 2.05) is 0 Å². The number of hydrogen-bond acceptors (Lipinski definition) is 7. The van der Waals surface area contributed by atoms with E-state index >= 15 is 0 Å². The Morgan fingerprint density at radius 2 is 1.97 bits per heavy atom. The van der Waals surface area contributed by atoms with Crippen molar-refractivity contribution in [3.63, 3.8) is 0 Å². The van der Waals surface area contributed by atoms with Crippen molar-refractivity contribution in [1.29, 1.82) is 0 Å². The van der Waals surface area contributed by atoms with Crippen molar-refractivity contribution in [1.82, 2.24) is 5.32 Å². The Balaban J connectivity index is 1.68. The highest BCUT2D eigenvalue weighted by Crippen LogP contribution is 2.45. The summed E-state index contributed by atoms with van der Waals surface area (Å²) in [6.45, 7) is 8.00. The fraction of sp³-hybridized carbons (Fsp3) is 0.750. The minimum atomic E-state index is -0.820. The van der Waals surface area contributed by atoms with E-state index in [1.54, 1.807) is 13.8 Å². The zero-order valence-electron chi connectivity index (χ0n) is 22.1. The third-order valence-electron chi connectivity index (χ3n) is 7.87. The highest BCUT2D eigenvalue weighted by molar-refractivity contribution is 5.79. The van der Waals surface area contributed by atoms with Crippen LogP contribution in [0.5, 0.6) is 0 Å². The maximum absolute atomic E-state index is 13.3. The van der Waals surface area contributed by atoms with Crippen LogP contribution in [-0.4, -0.2) is 59.5 Å². The number of hydrogen-bond donors (Lipinski definition) is 3. The Morgan fingerprint density at radius 3 is 2.67 bits per heavy atom. The summed E-state index contributed by atoms with van der Waals surface area (Å²) in [7, 11) is 0. The SMILES string of the molecule is C[C@H]1C=C2C=C[C@H](C)[C@H](CC[C@@H]3C[C@@H](O)CC(=O)O3)[C@H]2[C@@H](OC(=O)C(C)(C)CCC(=O)NCCO)C1. The monoisotopic (exact) mass is 505 g/mol. The Kier molecular flexibility index (Phi) is 9.75. The first-order valence-electron chi connectivity index (χ1n) is 13.4. The lowest BCUT2D eigenvalue weighted by Crippen LogP contribution is -2.43. The summed E-state index contributed by atoms with van der Waals surface area (Å²) in [5, 5.41) is 21.5. The molecule has 1 aliphatic heterocycles. The van der Waals surface area contributed by atoms with Crippen molar-refractivity contribution in [2.75, 3.05) is 13.2 Å². The van der Waals surface area contributed by atoms with E-state index in [0.717, 1.165) is 12.8 Å². The average molecular weight is 506 g/mol. The molecule has 36 heavy (non-hydrogen) atoms. The van der Waals surface area contributed by atoms with Crippen LogP contribution in [0.2, 0.25) is 0 Å². The summed E-state index contributed by atoms with van der Waals surface area (Å²) in [5.74, 6) is -0.0255. The van der Waals surface area contributed by atoms with E-state index in [0.29, 0.717) is 19.3 Å². The number of esters is 2. The first-order chi connectivity index (χ1) is 17.0. The zero-order valence-corrected chi connectivity index (χ0v) is 22.1. The normalized spacial score (nSPS) is 32.2. The lowest BCUT2D eigenvalue weighted by Gasteiger charge is -2.44. The summed E-state index contributed by atoms with van der Waals surface area (Å²) in [5.41, 5.74) is 0.371. The molecule has 1 fully saturated rings. The molecule has 1 saturated heterocycles. The number of fused-ring (bicyclic) bond motifs is 1. The second-order valence-electron chi connectivity index (χ2n) is 11.5. The molecule has 2 aliphatic carbocycles. The molecule has 202 valence electrons. The van der Waals surface area contributed by atoms with Crippen LogP contribution >= 0.6 is 0 Å². The van der Waals surface area contributed by atoms with Gasteiger partial charge in [0.1, 0.15) is 12.2 Å². The summed E-state index contributed by atoms with van der Waals surface area (Å²) in [6, 6.07) is 0. The largest absolute Gasteiger partial charge is 0.462 e. The van der Waals surface area contributed by atoms with Gasteiger partial charge in [0.2, 0.25) is 5.91 Å². The van der Waals surface area contributed by atoms with E-state index in [-0.39, 0.29) is 79.7 Å². The van der Waals surface area contributed by atoms with Crippen LogP contribution in [0.15, 0.2) is 23.8 Å². The molecule has 1 amide bonds. The van der Waals surface area contributed by atoms with Crippen LogP contribution in [0.25, 0.3) is 0 Å². The molecule has 0 unspecified atom stereocenters. The molecule has 3 N–H and O–H groups in total. The first kappa shape index (κ1) is 28.4. The van der Waals surface area contributed by atoms with Gasteiger partial charge in [0, 0.05) is 25.3 Å². The molecule has 0 saturated carbocycles. The van der Waals surface area contributed by atoms with Crippen LogP contribution in [0, 0.1) is 29.1 Å². The van der Waals surface area contributed by atoms with Gasteiger partial charge < -0.3 is 25.0 Å². The van der Waals surface area contributed by atoms with Gasteiger partial charge in [-0.1, -0.05) is 32.1 Å². The second kappa shape index (κ2) is 12.4. The topological polar surface area (TPSA) is 122 Å². The fourth-order valence-electron chi connectivity index (χ4n) is 5.75. The highest BCUT2D eigenvalue weighted by Gasteiger charge is 2.43. The van der Waals surface area contributed by atoms with E-state index in [2.05, 4.69) is 37.4 Å². The Labute approximate surface area is 214 Å². The number of aliphatic hydroxyl groups is 2. The molecule has 0 aromatic carbocycles.